The Hall–Kier alpha value is -8.71. The van der Waals surface area contributed by atoms with E-state index in [1.165, 1.54) is 22.3 Å². The first kappa shape index (κ1) is 58.7. The van der Waals surface area contributed by atoms with Crippen molar-refractivity contribution in [3.8, 4) is 34.0 Å². The fourth-order valence-corrected chi connectivity index (χ4v) is 14.0. The van der Waals surface area contributed by atoms with Gasteiger partial charge in [0.05, 0.1) is 16.9 Å². The van der Waals surface area contributed by atoms with E-state index in [2.05, 4.69) is 164 Å². The monoisotopic (exact) mass is 1320 g/mol. The number of nitrogens with zero attached hydrogens (tertiary/aromatic N) is 6. The second kappa shape index (κ2) is 25.3. The predicted octanol–water partition coefficient (Wildman–Crippen LogP) is 21.0. The van der Waals surface area contributed by atoms with Gasteiger partial charge < -0.3 is 15.1 Å². The number of aromatic nitrogens is 4. The Bertz CT molecular complexity index is 4030. The van der Waals surface area contributed by atoms with Gasteiger partial charge in [-0.2, -0.15) is 0 Å². The molecule has 9 heteroatoms. The zero-order valence-electron chi connectivity index (χ0n) is 50.1. The van der Waals surface area contributed by atoms with E-state index in [-0.39, 0.29) is 31.9 Å². The Morgan fingerprint density at radius 1 is 0.402 bits per heavy atom. The molecule has 0 bridgehead atoms. The largest absolute Gasteiger partial charge is 0.507 e. The van der Waals surface area contributed by atoms with Crippen LogP contribution >= 0.6 is 0 Å². The van der Waals surface area contributed by atoms with Crippen molar-refractivity contribution in [3.05, 3.63) is 241 Å². The molecule has 2 aliphatic carbocycles. The van der Waals surface area contributed by atoms with Crippen molar-refractivity contribution in [1.82, 2.24) is 19.9 Å². The van der Waals surface area contributed by atoms with Crippen molar-refractivity contribution in [2.45, 2.75) is 116 Å². The number of pyridine rings is 4. The van der Waals surface area contributed by atoms with Crippen molar-refractivity contribution >= 4 is 77.7 Å². The SMILES string of the molecule is CCCCC1(CCCC)c2cc3ccc4ccc(N(c5ccccc5)c5ccccn5)[c-]c4c3nc2-c2c(O)cccc21.CCCCC1(CCCC)c2cc3ccc4ccc(N(c5ccccc5)c5ccccn5)cc4c3nc2-c2c(O)cccc21.[Pt]. The van der Waals surface area contributed by atoms with E-state index < -0.39 is 0 Å². The molecule has 0 saturated carbocycles. The number of aromatic hydroxyl groups is 2. The van der Waals surface area contributed by atoms with E-state index in [0.29, 0.717) is 11.5 Å². The minimum atomic E-state index is -0.139. The number of phenolic OH excluding ortho intramolecular Hbond substituents is 2. The maximum atomic E-state index is 11.3. The Labute approximate surface area is 525 Å². The van der Waals surface area contributed by atoms with E-state index in [0.717, 1.165) is 177 Å². The number of para-hydroxylation sites is 2. The van der Waals surface area contributed by atoms with Crippen LogP contribution in [0.5, 0.6) is 11.5 Å². The summed E-state index contributed by atoms with van der Waals surface area (Å²) in [6.07, 6.45) is 17.0. The van der Waals surface area contributed by atoms with Crippen LogP contribution in [0, 0.1) is 6.07 Å². The average Bonchev–Trinajstić information content (AvgIpc) is 1.59. The summed E-state index contributed by atoms with van der Waals surface area (Å²) in [6.45, 7) is 9.04. The molecule has 2 N–H and O–H groups in total. The minimum absolute atomic E-state index is 0. The Kier molecular flexibility index (Phi) is 17.1. The maximum Gasteiger partial charge on any atom is 0.137 e. The van der Waals surface area contributed by atoms with Gasteiger partial charge in [-0.3, -0.25) is 9.88 Å². The van der Waals surface area contributed by atoms with Gasteiger partial charge in [-0.15, -0.1) is 29.0 Å². The maximum absolute atomic E-state index is 11.3. The van der Waals surface area contributed by atoms with Gasteiger partial charge in [-0.25, -0.2) is 15.0 Å². The zero-order chi connectivity index (χ0) is 58.8. The van der Waals surface area contributed by atoms with Crippen LogP contribution in [0.4, 0.5) is 34.4 Å². The van der Waals surface area contributed by atoms with Crippen LogP contribution in [0.1, 0.15) is 127 Å². The van der Waals surface area contributed by atoms with Gasteiger partial charge in [0.1, 0.15) is 23.1 Å². The van der Waals surface area contributed by atoms with Gasteiger partial charge >= 0.3 is 0 Å². The third-order valence-corrected chi connectivity index (χ3v) is 18.2. The molecule has 0 spiro atoms. The summed E-state index contributed by atoms with van der Waals surface area (Å²) in [6, 6.07) is 72.8. The van der Waals surface area contributed by atoms with Crippen molar-refractivity contribution in [2.75, 3.05) is 9.80 Å². The first-order valence-electron chi connectivity index (χ1n) is 31.2. The van der Waals surface area contributed by atoms with Crippen LogP contribution in [-0.2, 0) is 31.9 Å². The van der Waals surface area contributed by atoms with Gasteiger partial charge in [0.15, 0.2) is 0 Å². The molecular formula is C78H73N6O2Pt-. The molecular weight excluding hydrogens is 1250 g/mol. The zero-order valence-corrected chi connectivity index (χ0v) is 52.4. The summed E-state index contributed by atoms with van der Waals surface area (Å²) < 4.78 is 0. The molecule has 0 amide bonds. The van der Waals surface area contributed by atoms with Crippen LogP contribution in [0.2, 0.25) is 0 Å². The van der Waals surface area contributed by atoms with E-state index in [4.69, 9.17) is 15.0 Å². The van der Waals surface area contributed by atoms with Crippen LogP contribution in [-0.4, -0.2) is 30.1 Å². The number of phenols is 2. The van der Waals surface area contributed by atoms with Gasteiger partial charge in [0.25, 0.3) is 0 Å². The Morgan fingerprint density at radius 2 is 0.851 bits per heavy atom. The van der Waals surface area contributed by atoms with Gasteiger partial charge in [0.2, 0.25) is 0 Å². The topological polar surface area (TPSA) is 98.5 Å². The number of fused-ring (bicyclic) bond motifs is 12. The van der Waals surface area contributed by atoms with E-state index >= 15 is 0 Å². The fourth-order valence-electron chi connectivity index (χ4n) is 14.0. The van der Waals surface area contributed by atoms with Gasteiger partial charge in [0, 0.05) is 83.3 Å². The van der Waals surface area contributed by atoms with Crippen LogP contribution in [0.15, 0.2) is 213 Å². The third-order valence-electron chi connectivity index (χ3n) is 18.2. The van der Waals surface area contributed by atoms with E-state index in [9.17, 15) is 10.2 Å². The molecule has 87 heavy (non-hydrogen) atoms. The van der Waals surface area contributed by atoms with E-state index in [1.807, 2.05) is 97.3 Å². The number of benzene rings is 8. The summed E-state index contributed by atoms with van der Waals surface area (Å²) >= 11 is 0. The fraction of sp³-hybridized carbons (Fsp3) is 0.231. The first-order chi connectivity index (χ1) is 42.3. The molecule has 8 aromatic carbocycles. The normalized spacial score (nSPS) is 13.1. The number of hydrogen-bond donors (Lipinski definition) is 2. The van der Waals surface area contributed by atoms with Crippen LogP contribution in [0.3, 0.4) is 0 Å². The Balaban J connectivity index is 0.000000168. The smallest absolute Gasteiger partial charge is 0.137 e. The molecule has 0 atom stereocenters. The van der Waals surface area contributed by atoms with Crippen molar-refractivity contribution in [2.24, 2.45) is 0 Å². The van der Waals surface area contributed by atoms with E-state index in [1.54, 1.807) is 0 Å². The average molecular weight is 1320 g/mol. The minimum Gasteiger partial charge on any atom is -0.507 e. The molecule has 0 saturated heterocycles. The second-order valence-electron chi connectivity index (χ2n) is 23.5. The molecule has 0 radical (unpaired) electrons. The number of anilines is 6. The molecule has 438 valence electrons. The van der Waals surface area contributed by atoms with Crippen molar-refractivity contribution < 1.29 is 31.3 Å². The van der Waals surface area contributed by atoms with Gasteiger partial charge in [-0.1, -0.05) is 188 Å². The molecule has 2 aliphatic rings. The van der Waals surface area contributed by atoms with Crippen molar-refractivity contribution in [1.29, 1.82) is 0 Å². The molecule has 0 unspecified atom stereocenters. The number of hydrogen-bond acceptors (Lipinski definition) is 8. The number of rotatable bonds is 18. The van der Waals surface area contributed by atoms with Crippen LogP contribution < -0.4 is 9.80 Å². The summed E-state index contributed by atoms with van der Waals surface area (Å²) in [7, 11) is 0. The standard InChI is InChI=1S/C39H37N3O.C39H36N3O.Pt/c2*1-3-5-22-39(23-6-4-2)32-15-12-16-34(43)36(32)38-33(39)25-28-19-18-27-20-21-30(26-31(27)37(28)41-38)42(29-13-8-7-9-14-29)35-17-10-11-24-40-35;/h7-21,24-26,43H,3-6,22-23H2,1-2H3;7-21,24-25,43H,3-6,22-23H2,1-2H3;/q;-1;. The molecule has 4 aromatic heterocycles. The van der Waals surface area contributed by atoms with Crippen LogP contribution in [0.25, 0.3) is 65.9 Å². The first-order valence-corrected chi connectivity index (χ1v) is 31.2. The number of unbranched alkanes of at least 4 members (excludes halogenated alkanes) is 4. The quantitative estimate of drug-likeness (QED) is 0.0648. The molecule has 0 fully saturated rings. The third kappa shape index (κ3) is 10.6. The molecule has 12 aromatic rings. The van der Waals surface area contributed by atoms with Gasteiger partial charge in [-0.05, 0) is 149 Å². The van der Waals surface area contributed by atoms with Crippen molar-refractivity contribution in [3.63, 3.8) is 0 Å². The molecule has 4 heterocycles. The molecule has 8 nitrogen and oxygen atoms in total. The summed E-state index contributed by atoms with van der Waals surface area (Å²) in [4.78, 5) is 24.6. The second-order valence-corrected chi connectivity index (χ2v) is 23.5. The summed E-state index contributed by atoms with van der Waals surface area (Å²) in [5, 5.41) is 29.0. The predicted molar refractivity (Wildman–Crippen MR) is 356 cm³/mol. The molecule has 14 rings (SSSR count). The molecule has 0 aliphatic heterocycles. The summed E-state index contributed by atoms with van der Waals surface area (Å²) in [5.41, 5.74) is 14.3. The summed E-state index contributed by atoms with van der Waals surface area (Å²) in [5.74, 6) is 2.33. The Morgan fingerprint density at radius 3 is 1.37 bits per heavy atom.